The van der Waals surface area contributed by atoms with Gasteiger partial charge in [-0.05, 0) is 62.9 Å². The van der Waals surface area contributed by atoms with Gasteiger partial charge in [0, 0.05) is 12.6 Å². The second-order valence-corrected chi connectivity index (χ2v) is 6.29. The van der Waals surface area contributed by atoms with Gasteiger partial charge in [0.25, 0.3) is 0 Å². The number of nitrogens with zero attached hydrogens (tertiary/aromatic N) is 1. The fourth-order valence-electron chi connectivity index (χ4n) is 4.34. The second-order valence-electron chi connectivity index (χ2n) is 6.29. The third-order valence-corrected chi connectivity index (χ3v) is 5.33. The fraction of sp³-hybridized carbons (Fsp3) is 1.00. The average molecular weight is 222 g/mol. The van der Waals surface area contributed by atoms with E-state index in [4.69, 9.17) is 5.73 Å². The summed E-state index contributed by atoms with van der Waals surface area (Å²) in [5.74, 6) is 2.68. The van der Waals surface area contributed by atoms with Crippen LogP contribution >= 0.6 is 0 Å². The summed E-state index contributed by atoms with van der Waals surface area (Å²) in [4.78, 5) is 2.71. The molecular formula is C14H26N2. The molecule has 92 valence electrons. The lowest BCUT2D eigenvalue weighted by Gasteiger charge is -2.33. The normalized spacial score (nSPS) is 44.8. The number of likely N-dealkylation sites (tertiary alicyclic amines) is 1. The van der Waals surface area contributed by atoms with E-state index in [0.29, 0.717) is 6.04 Å². The molecule has 2 heteroatoms. The second kappa shape index (κ2) is 4.66. The summed E-state index contributed by atoms with van der Waals surface area (Å²) in [6, 6.07) is 0.530. The van der Waals surface area contributed by atoms with Gasteiger partial charge in [-0.3, -0.25) is 0 Å². The summed E-state index contributed by atoms with van der Waals surface area (Å²) in [5.41, 5.74) is 6.39. The van der Waals surface area contributed by atoms with Crippen LogP contribution in [-0.2, 0) is 0 Å². The number of hydrogen-bond donors (Lipinski definition) is 1. The molecule has 3 rings (SSSR count). The highest BCUT2D eigenvalue weighted by Gasteiger charge is 2.45. The van der Waals surface area contributed by atoms with E-state index >= 15 is 0 Å². The van der Waals surface area contributed by atoms with Crippen molar-refractivity contribution in [1.29, 1.82) is 0 Å². The Morgan fingerprint density at radius 1 is 0.938 bits per heavy atom. The van der Waals surface area contributed by atoms with Crippen LogP contribution in [0.4, 0.5) is 0 Å². The predicted molar refractivity (Wildman–Crippen MR) is 67.2 cm³/mol. The zero-order valence-corrected chi connectivity index (χ0v) is 10.4. The Labute approximate surface area is 99.6 Å². The van der Waals surface area contributed by atoms with Crippen LogP contribution in [-0.4, -0.2) is 30.6 Å². The molecule has 3 aliphatic rings. The number of hydrogen-bond acceptors (Lipinski definition) is 2. The minimum Gasteiger partial charge on any atom is -0.327 e. The van der Waals surface area contributed by atoms with Crippen molar-refractivity contribution in [3.8, 4) is 0 Å². The third kappa shape index (κ3) is 2.02. The molecular weight excluding hydrogens is 196 g/mol. The highest BCUT2D eigenvalue weighted by molar-refractivity contribution is 4.99. The van der Waals surface area contributed by atoms with Crippen molar-refractivity contribution in [2.45, 2.75) is 51.0 Å². The molecule has 1 heterocycles. The minimum absolute atomic E-state index is 0.530. The molecule has 0 aromatic carbocycles. The van der Waals surface area contributed by atoms with Gasteiger partial charge < -0.3 is 10.6 Å². The van der Waals surface area contributed by atoms with E-state index in [1.807, 2.05) is 0 Å². The van der Waals surface area contributed by atoms with E-state index in [-0.39, 0.29) is 0 Å². The summed E-state index contributed by atoms with van der Waals surface area (Å²) < 4.78 is 0. The van der Waals surface area contributed by atoms with Crippen LogP contribution in [0.25, 0.3) is 0 Å². The molecule has 0 aromatic heterocycles. The van der Waals surface area contributed by atoms with Crippen LogP contribution in [0, 0.1) is 17.8 Å². The zero-order valence-electron chi connectivity index (χ0n) is 10.4. The van der Waals surface area contributed by atoms with Crippen molar-refractivity contribution < 1.29 is 0 Å². The first-order chi connectivity index (χ1) is 7.84. The van der Waals surface area contributed by atoms with Crippen LogP contribution in [0.3, 0.4) is 0 Å². The molecule has 1 aliphatic heterocycles. The van der Waals surface area contributed by atoms with E-state index < -0.39 is 0 Å². The summed E-state index contributed by atoms with van der Waals surface area (Å²) in [7, 11) is 0. The molecule has 0 aromatic rings. The van der Waals surface area contributed by atoms with Crippen LogP contribution in [0.15, 0.2) is 0 Å². The van der Waals surface area contributed by atoms with Crippen molar-refractivity contribution in [1.82, 2.24) is 4.90 Å². The molecule has 0 spiro atoms. The predicted octanol–water partition coefficient (Wildman–Crippen LogP) is 2.24. The van der Waals surface area contributed by atoms with Gasteiger partial charge in [-0.2, -0.15) is 0 Å². The molecule has 2 N–H and O–H groups in total. The van der Waals surface area contributed by atoms with Gasteiger partial charge in [0.05, 0.1) is 0 Å². The first-order valence-corrected chi connectivity index (χ1v) is 7.32. The van der Waals surface area contributed by atoms with Crippen LogP contribution in [0.5, 0.6) is 0 Å². The Bertz CT molecular complexity index is 231. The summed E-state index contributed by atoms with van der Waals surface area (Å²) in [6.07, 6.45) is 10.0. The summed E-state index contributed by atoms with van der Waals surface area (Å²) in [6.45, 7) is 3.98. The molecule has 2 bridgehead atoms. The third-order valence-electron chi connectivity index (χ3n) is 5.33. The van der Waals surface area contributed by atoms with E-state index in [1.54, 1.807) is 0 Å². The van der Waals surface area contributed by atoms with Gasteiger partial charge in [-0.15, -0.1) is 0 Å². The summed E-state index contributed by atoms with van der Waals surface area (Å²) in [5, 5.41) is 0. The molecule has 4 atom stereocenters. The topological polar surface area (TPSA) is 29.3 Å². The SMILES string of the molecule is NC1C2CCC(C2)C1CN1CCCCCC1. The largest absolute Gasteiger partial charge is 0.327 e. The molecule has 3 fully saturated rings. The molecule has 1 saturated heterocycles. The highest BCUT2D eigenvalue weighted by Crippen LogP contribution is 2.47. The molecule has 2 nitrogen and oxygen atoms in total. The monoisotopic (exact) mass is 222 g/mol. The lowest BCUT2D eigenvalue weighted by Crippen LogP contribution is -2.43. The minimum atomic E-state index is 0.530. The highest BCUT2D eigenvalue weighted by atomic mass is 15.1. The maximum absolute atomic E-state index is 6.39. The Morgan fingerprint density at radius 3 is 2.25 bits per heavy atom. The number of fused-ring (bicyclic) bond motifs is 2. The van der Waals surface area contributed by atoms with Gasteiger partial charge in [-0.25, -0.2) is 0 Å². The Morgan fingerprint density at radius 2 is 1.62 bits per heavy atom. The van der Waals surface area contributed by atoms with E-state index in [2.05, 4.69) is 4.90 Å². The van der Waals surface area contributed by atoms with Gasteiger partial charge in [0.1, 0.15) is 0 Å². The average Bonchev–Trinajstić information content (AvgIpc) is 2.76. The molecule has 16 heavy (non-hydrogen) atoms. The Hall–Kier alpha value is -0.0800. The van der Waals surface area contributed by atoms with E-state index in [1.165, 1.54) is 64.6 Å². The van der Waals surface area contributed by atoms with Crippen molar-refractivity contribution in [3.05, 3.63) is 0 Å². The van der Waals surface area contributed by atoms with E-state index in [0.717, 1.165) is 17.8 Å². The Kier molecular flexibility index (Phi) is 3.21. The maximum Gasteiger partial charge on any atom is 0.0111 e. The van der Waals surface area contributed by atoms with Crippen LogP contribution < -0.4 is 5.73 Å². The van der Waals surface area contributed by atoms with Gasteiger partial charge in [0.2, 0.25) is 0 Å². The Balaban J connectivity index is 1.57. The molecule has 4 unspecified atom stereocenters. The van der Waals surface area contributed by atoms with E-state index in [9.17, 15) is 0 Å². The fourth-order valence-corrected chi connectivity index (χ4v) is 4.34. The molecule has 0 amide bonds. The standard InChI is InChI=1S/C14H26N2/c15-14-12-6-5-11(9-12)13(14)10-16-7-3-1-2-4-8-16/h11-14H,1-10,15H2. The van der Waals surface area contributed by atoms with Crippen molar-refractivity contribution in [2.24, 2.45) is 23.5 Å². The van der Waals surface area contributed by atoms with Crippen molar-refractivity contribution in [3.63, 3.8) is 0 Å². The summed E-state index contributed by atoms with van der Waals surface area (Å²) >= 11 is 0. The first-order valence-electron chi connectivity index (χ1n) is 7.32. The lowest BCUT2D eigenvalue weighted by atomic mass is 9.84. The van der Waals surface area contributed by atoms with Gasteiger partial charge in [0.15, 0.2) is 0 Å². The number of nitrogens with two attached hydrogens (primary N) is 1. The van der Waals surface area contributed by atoms with Gasteiger partial charge in [-0.1, -0.05) is 12.8 Å². The van der Waals surface area contributed by atoms with Crippen LogP contribution in [0.2, 0.25) is 0 Å². The van der Waals surface area contributed by atoms with Gasteiger partial charge >= 0.3 is 0 Å². The van der Waals surface area contributed by atoms with Crippen molar-refractivity contribution >= 4 is 0 Å². The number of rotatable bonds is 2. The van der Waals surface area contributed by atoms with Crippen LogP contribution in [0.1, 0.15) is 44.9 Å². The molecule has 0 radical (unpaired) electrons. The quantitative estimate of drug-likeness (QED) is 0.776. The lowest BCUT2D eigenvalue weighted by molar-refractivity contribution is 0.178. The smallest absolute Gasteiger partial charge is 0.0111 e. The van der Waals surface area contributed by atoms with Crippen molar-refractivity contribution in [2.75, 3.05) is 19.6 Å². The molecule has 2 saturated carbocycles. The maximum atomic E-state index is 6.39. The zero-order chi connectivity index (χ0) is 11.0. The molecule has 2 aliphatic carbocycles. The first kappa shape index (κ1) is 11.0.